The van der Waals surface area contributed by atoms with E-state index in [9.17, 15) is 0 Å². The Kier molecular flexibility index (Phi) is 2.59. The molecule has 0 unspecified atom stereocenters. The zero-order valence-corrected chi connectivity index (χ0v) is 9.93. The van der Waals surface area contributed by atoms with Crippen LogP contribution in [0.25, 0.3) is 11.3 Å². The van der Waals surface area contributed by atoms with E-state index in [4.69, 9.17) is 0 Å². The molecule has 2 aromatic heterocycles. The average molecular weight is 225 g/mol. The van der Waals surface area contributed by atoms with Gasteiger partial charge in [-0.3, -0.25) is 4.98 Å². The van der Waals surface area contributed by atoms with Crippen molar-refractivity contribution in [1.82, 2.24) is 15.0 Å². The number of aromatic nitrogens is 3. The van der Waals surface area contributed by atoms with Crippen LogP contribution in [-0.2, 0) is 0 Å². The molecule has 0 amide bonds. The van der Waals surface area contributed by atoms with E-state index in [1.165, 1.54) is 24.8 Å². The number of rotatable bonds is 2. The summed E-state index contributed by atoms with van der Waals surface area (Å²) >= 11 is 0. The lowest BCUT2D eigenvalue weighted by molar-refractivity contribution is 0.401. The Hall–Kier alpha value is -1.77. The zero-order chi connectivity index (χ0) is 11.7. The van der Waals surface area contributed by atoms with Crippen molar-refractivity contribution >= 4 is 0 Å². The summed E-state index contributed by atoms with van der Waals surface area (Å²) in [6.45, 7) is 2.06. The first-order chi connectivity index (χ1) is 8.33. The lowest BCUT2D eigenvalue weighted by Gasteiger charge is -2.23. The number of hydrogen-bond donors (Lipinski definition) is 0. The smallest absolute Gasteiger partial charge is 0.131 e. The number of hydrogen-bond acceptors (Lipinski definition) is 3. The summed E-state index contributed by atoms with van der Waals surface area (Å²) in [7, 11) is 0. The van der Waals surface area contributed by atoms with Crippen LogP contribution in [0.2, 0.25) is 0 Å². The van der Waals surface area contributed by atoms with Crippen LogP contribution in [0.15, 0.2) is 30.7 Å². The second-order valence-corrected chi connectivity index (χ2v) is 4.68. The molecule has 2 heterocycles. The molecule has 0 bridgehead atoms. The fourth-order valence-electron chi connectivity index (χ4n) is 2.04. The highest BCUT2D eigenvalue weighted by Gasteiger charge is 2.21. The van der Waals surface area contributed by atoms with E-state index in [1.807, 2.05) is 24.7 Å². The molecular weight excluding hydrogens is 210 g/mol. The van der Waals surface area contributed by atoms with E-state index in [-0.39, 0.29) is 0 Å². The first-order valence-electron chi connectivity index (χ1n) is 6.08. The lowest BCUT2D eigenvalue weighted by Crippen LogP contribution is -2.12. The van der Waals surface area contributed by atoms with Crippen molar-refractivity contribution in [3.05, 3.63) is 42.1 Å². The van der Waals surface area contributed by atoms with E-state index in [2.05, 4.69) is 27.9 Å². The van der Waals surface area contributed by atoms with Crippen LogP contribution >= 0.6 is 0 Å². The fraction of sp³-hybridized carbons (Fsp3) is 0.357. The standard InChI is InChI=1S/C14H15N3/c1-10-5-6-15-13(7-10)12-8-16-14(17-9-12)11-3-2-4-11/h5-9,11H,2-4H2,1H3. The van der Waals surface area contributed by atoms with Gasteiger partial charge in [-0.05, 0) is 37.5 Å². The third kappa shape index (κ3) is 2.05. The second-order valence-electron chi connectivity index (χ2n) is 4.68. The molecule has 3 nitrogen and oxygen atoms in total. The normalized spacial score (nSPS) is 15.6. The first kappa shape index (κ1) is 10.4. The van der Waals surface area contributed by atoms with Crippen molar-refractivity contribution in [3.63, 3.8) is 0 Å². The van der Waals surface area contributed by atoms with Crippen LogP contribution in [0.3, 0.4) is 0 Å². The molecule has 0 spiro atoms. The van der Waals surface area contributed by atoms with Crippen LogP contribution in [0.4, 0.5) is 0 Å². The lowest BCUT2D eigenvalue weighted by atomic mass is 9.85. The quantitative estimate of drug-likeness (QED) is 0.788. The maximum Gasteiger partial charge on any atom is 0.131 e. The van der Waals surface area contributed by atoms with Gasteiger partial charge in [-0.2, -0.15) is 0 Å². The van der Waals surface area contributed by atoms with E-state index < -0.39 is 0 Å². The van der Waals surface area contributed by atoms with Crippen molar-refractivity contribution in [2.45, 2.75) is 32.1 Å². The largest absolute Gasteiger partial charge is 0.256 e. The predicted octanol–water partition coefficient (Wildman–Crippen LogP) is 3.11. The van der Waals surface area contributed by atoms with Gasteiger partial charge < -0.3 is 0 Å². The molecule has 86 valence electrons. The highest BCUT2D eigenvalue weighted by atomic mass is 14.9. The van der Waals surface area contributed by atoms with Crippen LogP contribution in [-0.4, -0.2) is 15.0 Å². The van der Waals surface area contributed by atoms with Crippen molar-refractivity contribution < 1.29 is 0 Å². The molecule has 3 heteroatoms. The molecule has 17 heavy (non-hydrogen) atoms. The number of aryl methyl sites for hydroxylation is 1. The summed E-state index contributed by atoms with van der Waals surface area (Å²) in [6.07, 6.45) is 9.40. The summed E-state index contributed by atoms with van der Waals surface area (Å²) < 4.78 is 0. The van der Waals surface area contributed by atoms with Crippen LogP contribution < -0.4 is 0 Å². The number of pyridine rings is 1. The van der Waals surface area contributed by atoms with E-state index in [1.54, 1.807) is 0 Å². The van der Waals surface area contributed by atoms with Crippen LogP contribution in [0.1, 0.15) is 36.6 Å². The predicted molar refractivity (Wildman–Crippen MR) is 66.6 cm³/mol. The maximum atomic E-state index is 4.46. The van der Waals surface area contributed by atoms with Crippen molar-refractivity contribution in [3.8, 4) is 11.3 Å². The fourth-order valence-corrected chi connectivity index (χ4v) is 2.04. The van der Waals surface area contributed by atoms with Crippen molar-refractivity contribution in [2.75, 3.05) is 0 Å². The second kappa shape index (κ2) is 4.24. The molecule has 1 aliphatic carbocycles. The Morgan fingerprint density at radius 3 is 2.47 bits per heavy atom. The molecular formula is C14H15N3. The van der Waals surface area contributed by atoms with E-state index >= 15 is 0 Å². The summed E-state index contributed by atoms with van der Waals surface area (Å²) in [5.41, 5.74) is 3.15. The van der Waals surface area contributed by atoms with Crippen molar-refractivity contribution in [1.29, 1.82) is 0 Å². The Morgan fingerprint density at radius 1 is 1.12 bits per heavy atom. The first-order valence-corrected chi connectivity index (χ1v) is 6.08. The van der Waals surface area contributed by atoms with Gasteiger partial charge in [0.15, 0.2) is 0 Å². The topological polar surface area (TPSA) is 38.7 Å². The molecule has 0 atom stereocenters. The maximum absolute atomic E-state index is 4.46. The molecule has 0 aromatic carbocycles. The third-order valence-electron chi connectivity index (χ3n) is 3.35. The number of nitrogens with zero attached hydrogens (tertiary/aromatic N) is 3. The molecule has 1 aliphatic rings. The van der Waals surface area contributed by atoms with Crippen LogP contribution in [0.5, 0.6) is 0 Å². The Labute approximate surface area is 101 Å². The van der Waals surface area contributed by atoms with Gasteiger partial charge in [0.05, 0.1) is 5.69 Å². The molecule has 3 rings (SSSR count). The van der Waals surface area contributed by atoms with Gasteiger partial charge in [0.1, 0.15) is 5.82 Å². The molecule has 0 saturated heterocycles. The van der Waals surface area contributed by atoms with E-state index in [0.717, 1.165) is 17.1 Å². The van der Waals surface area contributed by atoms with Crippen LogP contribution in [0, 0.1) is 6.92 Å². The average Bonchev–Trinajstić information content (AvgIpc) is 2.28. The molecule has 1 fully saturated rings. The summed E-state index contributed by atoms with van der Waals surface area (Å²) in [5, 5.41) is 0. The van der Waals surface area contributed by atoms with Gasteiger partial charge in [0.2, 0.25) is 0 Å². The summed E-state index contributed by atoms with van der Waals surface area (Å²) in [4.78, 5) is 13.2. The highest BCUT2D eigenvalue weighted by molar-refractivity contribution is 5.57. The minimum absolute atomic E-state index is 0.592. The van der Waals surface area contributed by atoms with Gasteiger partial charge in [-0.25, -0.2) is 9.97 Å². The van der Waals surface area contributed by atoms with Crippen molar-refractivity contribution in [2.24, 2.45) is 0 Å². The molecule has 1 saturated carbocycles. The van der Waals surface area contributed by atoms with Gasteiger partial charge in [0, 0.05) is 30.1 Å². The highest BCUT2D eigenvalue weighted by Crippen LogP contribution is 2.34. The van der Waals surface area contributed by atoms with Gasteiger partial charge in [0.25, 0.3) is 0 Å². The van der Waals surface area contributed by atoms with Gasteiger partial charge in [-0.15, -0.1) is 0 Å². The third-order valence-corrected chi connectivity index (χ3v) is 3.35. The molecule has 0 radical (unpaired) electrons. The zero-order valence-electron chi connectivity index (χ0n) is 9.93. The van der Waals surface area contributed by atoms with E-state index in [0.29, 0.717) is 5.92 Å². The summed E-state index contributed by atoms with van der Waals surface area (Å²) in [6, 6.07) is 4.05. The Balaban J connectivity index is 1.88. The van der Waals surface area contributed by atoms with Gasteiger partial charge >= 0.3 is 0 Å². The SMILES string of the molecule is Cc1ccnc(-c2cnc(C3CCC3)nc2)c1. The Morgan fingerprint density at radius 2 is 1.88 bits per heavy atom. The monoisotopic (exact) mass is 225 g/mol. The molecule has 0 N–H and O–H groups in total. The minimum Gasteiger partial charge on any atom is -0.256 e. The minimum atomic E-state index is 0.592. The Bertz CT molecular complexity index is 515. The molecule has 0 aliphatic heterocycles. The summed E-state index contributed by atoms with van der Waals surface area (Å²) in [5.74, 6) is 1.59. The molecule has 2 aromatic rings. The van der Waals surface area contributed by atoms with Gasteiger partial charge in [-0.1, -0.05) is 6.42 Å².